The molecule has 1 saturated heterocycles. The van der Waals surface area contributed by atoms with E-state index >= 15 is 0 Å². The van der Waals surface area contributed by atoms with Gasteiger partial charge in [0.05, 0.1) is 30.4 Å². The van der Waals surface area contributed by atoms with Crippen LogP contribution in [0.15, 0.2) is 12.1 Å². The van der Waals surface area contributed by atoms with Gasteiger partial charge in [-0.05, 0) is 32.4 Å². The number of nitrogens with zero attached hydrogens (tertiary/aromatic N) is 3. The summed E-state index contributed by atoms with van der Waals surface area (Å²) < 4.78 is 5.41. The third-order valence-electron chi connectivity index (χ3n) is 4.35. The molecule has 0 saturated carbocycles. The number of hydrogen-bond acceptors (Lipinski definition) is 5. The first-order valence-corrected chi connectivity index (χ1v) is 7.88. The van der Waals surface area contributed by atoms with Crippen LogP contribution < -0.4 is 4.90 Å². The van der Waals surface area contributed by atoms with Crippen LogP contribution in [0.1, 0.15) is 35.3 Å². The number of anilines is 1. The van der Waals surface area contributed by atoms with E-state index < -0.39 is 6.10 Å². The third-order valence-corrected chi connectivity index (χ3v) is 4.35. The fourth-order valence-electron chi connectivity index (χ4n) is 3.17. The zero-order valence-corrected chi connectivity index (χ0v) is 13.8. The summed E-state index contributed by atoms with van der Waals surface area (Å²) >= 11 is 0. The first kappa shape index (κ1) is 15.7. The number of fused-ring (bicyclic) bond motifs is 1. The molecule has 1 unspecified atom stereocenters. The Morgan fingerprint density at radius 1 is 1.30 bits per heavy atom. The van der Waals surface area contributed by atoms with Gasteiger partial charge in [-0.3, -0.25) is 0 Å². The van der Waals surface area contributed by atoms with Crippen LogP contribution in [0.4, 0.5) is 5.82 Å². The van der Waals surface area contributed by atoms with Crippen molar-refractivity contribution in [3.63, 3.8) is 0 Å². The molecule has 23 heavy (non-hydrogen) atoms. The summed E-state index contributed by atoms with van der Waals surface area (Å²) in [6, 6.07) is 6.25. The third kappa shape index (κ3) is 2.76. The Labute approximate surface area is 136 Å². The molecular formula is C18H21N3O2. The van der Waals surface area contributed by atoms with Gasteiger partial charge in [-0.25, -0.2) is 4.98 Å². The minimum absolute atomic E-state index is 0.628. The normalized spacial score (nSPS) is 16.4. The number of aliphatic hydroxyl groups excluding tert-OH is 1. The van der Waals surface area contributed by atoms with Crippen molar-refractivity contribution in [1.82, 2.24) is 4.98 Å². The molecular weight excluding hydrogens is 290 g/mol. The average Bonchev–Trinajstić information content (AvgIpc) is 2.54. The number of aryl methyl sites for hydroxylation is 1. The molecule has 0 bridgehead atoms. The van der Waals surface area contributed by atoms with Gasteiger partial charge >= 0.3 is 0 Å². The zero-order chi connectivity index (χ0) is 16.6. The minimum atomic E-state index is -0.628. The van der Waals surface area contributed by atoms with E-state index in [1.54, 1.807) is 6.92 Å². The molecule has 2 heterocycles. The average molecular weight is 311 g/mol. The standard InChI is InChI=1S/C18H21N3O2/c1-11-8-14(13(3)22)17-15(9-11)16(10-19)12(2)18(20-17)21-4-6-23-7-5-21/h8-9,13,22H,4-7H2,1-3H3. The number of rotatable bonds is 2. The lowest BCUT2D eigenvalue weighted by atomic mass is 9.97. The lowest BCUT2D eigenvalue weighted by molar-refractivity contribution is 0.122. The molecule has 120 valence electrons. The van der Waals surface area contributed by atoms with Gasteiger partial charge in [0.15, 0.2) is 0 Å². The Hall–Kier alpha value is -2.16. The van der Waals surface area contributed by atoms with Crippen molar-refractivity contribution >= 4 is 16.7 Å². The van der Waals surface area contributed by atoms with Crippen molar-refractivity contribution in [3.8, 4) is 6.07 Å². The number of benzene rings is 1. The van der Waals surface area contributed by atoms with Gasteiger partial charge in [0.25, 0.3) is 0 Å². The van der Waals surface area contributed by atoms with Crippen molar-refractivity contribution in [2.45, 2.75) is 26.9 Å². The van der Waals surface area contributed by atoms with E-state index in [0.717, 1.165) is 41.0 Å². The second-order valence-corrected chi connectivity index (χ2v) is 6.07. The summed E-state index contributed by atoms with van der Waals surface area (Å²) in [5.74, 6) is 0.822. The van der Waals surface area contributed by atoms with Crippen molar-refractivity contribution in [2.24, 2.45) is 0 Å². The van der Waals surface area contributed by atoms with Crippen LogP contribution in [0, 0.1) is 25.2 Å². The molecule has 3 rings (SSSR count). The van der Waals surface area contributed by atoms with Gasteiger partial charge in [-0.15, -0.1) is 0 Å². The number of nitriles is 1. The first-order chi connectivity index (χ1) is 11.0. The van der Waals surface area contributed by atoms with E-state index in [9.17, 15) is 10.4 Å². The molecule has 5 nitrogen and oxygen atoms in total. The molecule has 1 atom stereocenters. The summed E-state index contributed by atoms with van der Waals surface area (Å²) in [4.78, 5) is 6.99. The van der Waals surface area contributed by atoms with Crippen molar-refractivity contribution in [1.29, 1.82) is 5.26 Å². The summed E-state index contributed by atoms with van der Waals surface area (Å²) in [6.45, 7) is 8.50. The molecule has 1 aliphatic rings. The van der Waals surface area contributed by atoms with Crippen LogP contribution in [-0.4, -0.2) is 36.4 Å². The van der Waals surface area contributed by atoms with Crippen LogP contribution >= 0.6 is 0 Å². The minimum Gasteiger partial charge on any atom is -0.389 e. The maximum atomic E-state index is 10.1. The summed E-state index contributed by atoms with van der Waals surface area (Å²) in [5.41, 5.74) is 4.04. The summed E-state index contributed by atoms with van der Waals surface area (Å²) in [5, 5.41) is 20.6. The van der Waals surface area contributed by atoms with Gasteiger partial charge in [0.1, 0.15) is 11.9 Å². The van der Waals surface area contributed by atoms with Gasteiger partial charge in [-0.1, -0.05) is 6.07 Å². The number of ether oxygens (including phenoxy) is 1. The van der Waals surface area contributed by atoms with Crippen LogP contribution in [0.25, 0.3) is 10.9 Å². The van der Waals surface area contributed by atoms with E-state index in [1.807, 2.05) is 26.0 Å². The van der Waals surface area contributed by atoms with E-state index in [-0.39, 0.29) is 0 Å². The predicted molar refractivity (Wildman–Crippen MR) is 89.6 cm³/mol. The quantitative estimate of drug-likeness (QED) is 0.923. The largest absolute Gasteiger partial charge is 0.389 e. The van der Waals surface area contributed by atoms with Crippen molar-refractivity contribution < 1.29 is 9.84 Å². The van der Waals surface area contributed by atoms with Crippen LogP contribution in [0.5, 0.6) is 0 Å². The zero-order valence-electron chi connectivity index (χ0n) is 13.8. The number of aromatic nitrogens is 1. The summed E-state index contributed by atoms with van der Waals surface area (Å²) in [7, 11) is 0. The van der Waals surface area contributed by atoms with Gasteiger partial charge in [0.2, 0.25) is 0 Å². The van der Waals surface area contributed by atoms with E-state index in [4.69, 9.17) is 9.72 Å². The Balaban J connectivity index is 2.31. The number of hydrogen-bond donors (Lipinski definition) is 1. The maximum absolute atomic E-state index is 10.1. The second kappa shape index (κ2) is 6.15. The van der Waals surface area contributed by atoms with Gasteiger partial charge in [-0.2, -0.15) is 5.26 Å². The number of morpholine rings is 1. The molecule has 1 aromatic heterocycles. The molecule has 0 radical (unpaired) electrons. The van der Waals surface area contributed by atoms with Crippen LogP contribution in [-0.2, 0) is 4.74 Å². The number of pyridine rings is 1. The van der Waals surface area contributed by atoms with E-state index in [0.29, 0.717) is 24.3 Å². The Bertz CT molecular complexity index is 787. The Morgan fingerprint density at radius 2 is 2.00 bits per heavy atom. The molecule has 1 aromatic carbocycles. The highest BCUT2D eigenvalue weighted by molar-refractivity contribution is 5.91. The molecule has 1 fully saturated rings. The van der Waals surface area contributed by atoms with Crippen LogP contribution in [0.2, 0.25) is 0 Å². The summed E-state index contributed by atoms with van der Waals surface area (Å²) in [6.07, 6.45) is -0.628. The predicted octanol–water partition coefficient (Wildman–Crippen LogP) is 2.61. The maximum Gasteiger partial charge on any atom is 0.133 e. The van der Waals surface area contributed by atoms with Gasteiger partial charge in [0, 0.05) is 29.6 Å². The lowest BCUT2D eigenvalue weighted by Crippen LogP contribution is -2.37. The van der Waals surface area contributed by atoms with E-state index in [2.05, 4.69) is 11.0 Å². The van der Waals surface area contributed by atoms with E-state index in [1.165, 1.54) is 0 Å². The number of aliphatic hydroxyl groups is 1. The van der Waals surface area contributed by atoms with Crippen molar-refractivity contribution in [3.05, 3.63) is 34.4 Å². The molecule has 5 heteroatoms. The molecule has 0 amide bonds. The SMILES string of the molecule is Cc1cc(C(C)O)c2nc(N3CCOCC3)c(C)c(C#N)c2c1. The monoisotopic (exact) mass is 311 g/mol. The second-order valence-electron chi connectivity index (χ2n) is 6.07. The molecule has 0 aliphatic carbocycles. The van der Waals surface area contributed by atoms with Crippen LogP contribution in [0.3, 0.4) is 0 Å². The Kier molecular flexibility index (Phi) is 4.20. The van der Waals surface area contributed by atoms with Gasteiger partial charge < -0.3 is 14.7 Å². The highest BCUT2D eigenvalue weighted by atomic mass is 16.5. The molecule has 2 aromatic rings. The highest BCUT2D eigenvalue weighted by Crippen LogP contribution is 2.33. The molecule has 1 N–H and O–H groups in total. The van der Waals surface area contributed by atoms with Crippen molar-refractivity contribution in [2.75, 3.05) is 31.2 Å². The Morgan fingerprint density at radius 3 is 2.61 bits per heavy atom. The fourth-order valence-corrected chi connectivity index (χ4v) is 3.17. The fraction of sp³-hybridized carbons (Fsp3) is 0.444. The lowest BCUT2D eigenvalue weighted by Gasteiger charge is -2.30. The molecule has 1 aliphatic heterocycles. The topological polar surface area (TPSA) is 69.4 Å². The smallest absolute Gasteiger partial charge is 0.133 e. The first-order valence-electron chi connectivity index (χ1n) is 7.88. The highest BCUT2D eigenvalue weighted by Gasteiger charge is 2.21. The molecule has 0 spiro atoms.